The molecule has 24 rings (SSSR count). The minimum atomic E-state index is -2.91. The molecule has 142 heavy (non-hydrogen) atoms. The van der Waals surface area contributed by atoms with E-state index in [2.05, 4.69) is 61.5 Å². The molecule has 0 spiro atoms. The van der Waals surface area contributed by atoms with Gasteiger partial charge in [-0.2, -0.15) is 10.5 Å². The van der Waals surface area contributed by atoms with Crippen LogP contribution in [0, 0.1) is 60.9 Å². The lowest BCUT2D eigenvalue weighted by Crippen LogP contribution is -2.00. The summed E-state index contributed by atoms with van der Waals surface area (Å²) in [5.41, 5.74) is 27.4. The van der Waals surface area contributed by atoms with Crippen molar-refractivity contribution >= 4 is 98.1 Å². The van der Waals surface area contributed by atoms with Crippen molar-refractivity contribution in [2.24, 2.45) is 0 Å². The number of benzene rings is 18. The first-order chi connectivity index (χ1) is 69.5. The maximum atomic E-state index is 14.4. The van der Waals surface area contributed by atoms with Crippen molar-refractivity contribution in [2.45, 2.75) is 33.6 Å². The molecule has 0 amide bonds. The molecule has 18 heteroatoms. The molecule has 0 N–H and O–H groups in total. The van der Waals surface area contributed by atoms with Gasteiger partial charge in [0.25, 0.3) is 12.9 Å². The summed E-state index contributed by atoms with van der Waals surface area (Å²) in [4.78, 5) is 47.5. The molecule has 11 nitrogen and oxygen atoms in total. The molecule has 0 aliphatic heterocycles. The number of nitrogens with zero attached hydrogens (tertiary/aromatic N) is 11. The van der Waals surface area contributed by atoms with E-state index in [4.69, 9.17) is 44.9 Å². The lowest BCUT2D eigenvalue weighted by molar-refractivity contribution is 0.144. The van der Waals surface area contributed by atoms with Crippen molar-refractivity contribution in [3.8, 4) is 147 Å². The summed E-state index contributed by atoms with van der Waals surface area (Å²) in [6, 6.07) is 128. The highest BCUT2D eigenvalue weighted by atomic mass is 19.3. The van der Waals surface area contributed by atoms with Gasteiger partial charge in [-0.3, -0.25) is 0 Å². The summed E-state index contributed by atoms with van der Waals surface area (Å²) < 4.78 is 98.6. The maximum absolute atomic E-state index is 14.4. The van der Waals surface area contributed by atoms with Gasteiger partial charge in [-0.25, -0.2) is 75.6 Å². The van der Waals surface area contributed by atoms with Crippen LogP contribution in [-0.2, 0) is 0 Å². The number of hydrogen-bond acceptors (Lipinski definition) is 11. The van der Waals surface area contributed by atoms with E-state index in [0.717, 1.165) is 206 Å². The number of fused-ring (bicyclic) bond motifs is 15. The minimum Gasteiger partial charge on any atom is -0.247 e. The van der Waals surface area contributed by atoms with Gasteiger partial charge >= 0.3 is 0 Å². The number of pyridine rings is 3. The van der Waals surface area contributed by atoms with E-state index in [9.17, 15) is 41.3 Å². The molecular weight excluding hydrogens is 1780 g/mol. The van der Waals surface area contributed by atoms with Crippen molar-refractivity contribution in [1.29, 1.82) is 10.5 Å². The van der Waals surface area contributed by atoms with Crippen molar-refractivity contribution in [1.82, 2.24) is 44.9 Å². The van der Waals surface area contributed by atoms with Crippen LogP contribution in [0.4, 0.5) is 30.7 Å². The summed E-state index contributed by atoms with van der Waals surface area (Å²) >= 11 is 0. The fraction of sp³-hybridized carbons (Fsp3) is 0.0403. The highest BCUT2D eigenvalue weighted by molar-refractivity contribution is 6.26. The van der Waals surface area contributed by atoms with E-state index in [1.54, 1.807) is 30.3 Å². The first-order valence-electron chi connectivity index (χ1n) is 46.0. The fourth-order valence-electron chi connectivity index (χ4n) is 19.5. The molecule has 6 heterocycles. The quantitative estimate of drug-likeness (QED) is 0.0578. The third-order valence-electron chi connectivity index (χ3n) is 25.8. The van der Waals surface area contributed by atoms with Crippen LogP contribution < -0.4 is 0 Å². The Morgan fingerprint density at radius 2 is 0.444 bits per heavy atom. The Morgan fingerprint density at radius 3 is 0.718 bits per heavy atom. The first-order valence-corrected chi connectivity index (χ1v) is 46.0. The van der Waals surface area contributed by atoms with E-state index < -0.39 is 41.4 Å². The summed E-state index contributed by atoms with van der Waals surface area (Å²) in [7, 11) is 0. The topological polar surface area (TPSA) is 164 Å². The highest BCUT2D eigenvalue weighted by Gasteiger charge is 2.29. The van der Waals surface area contributed by atoms with Gasteiger partial charge in [0.05, 0.1) is 124 Å². The van der Waals surface area contributed by atoms with E-state index in [1.165, 1.54) is 12.1 Å². The Kier molecular flexibility index (Phi) is 23.4. The summed E-state index contributed by atoms with van der Waals surface area (Å²) in [6.07, 6.45) is -5.81. The smallest absolute Gasteiger partial charge is 0.247 e. The number of aromatic nitrogens is 9. The molecule has 0 unspecified atom stereocenters. The number of rotatable bonds is 14. The van der Waals surface area contributed by atoms with Gasteiger partial charge in [-0.1, -0.05) is 309 Å². The number of aryl methyl sites for hydroxylation is 3. The Hall–Kier alpha value is -18.5. The summed E-state index contributed by atoms with van der Waals surface area (Å²) in [5.74, 6) is -4.00. The van der Waals surface area contributed by atoms with E-state index in [1.807, 2.05) is 305 Å². The Labute approximate surface area is 810 Å². The Bertz CT molecular complexity index is 9190. The molecule has 0 saturated carbocycles. The van der Waals surface area contributed by atoms with Crippen LogP contribution in [0.5, 0.6) is 0 Å². The molecular formula is C124H76F7N11. The van der Waals surface area contributed by atoms with Crippen LogP contribution in [0.3, 0.4) is 0 Å². The Balaban J connectivity index is 0.000000122. The van der Waals surface area contributed by atoms with Crippen molar-refractivity contribution < 1.29 is 30.7 Å². The molecule has 0 bridgehead atoms. The molecule has 24 aromatic rings. The van der Waals surface area contributed by atoms with E-state index in [0.29, 0.717) is 61.3 Å². The van der Waals surface area contributed by atoms with E-state index >= 15 is 0 Å². The van der Waals surface area contributed by atoms with Crippen LogP contribution in [0.2, 0.25) is 0 Å². The first kappa shape index (κ1) is 88.7. The molecule has 0 atom stereocenters. The van der Waals surface area contributed by atoms with Crippen molar-refractivity contribution in [3.05, 3.63) is 451 Å². The van der Waals surface area contributed by atoms with Gasteiger partial charge in [0.15, 0.2) is 17.5 Å². The standard InChI is InChI=1S/C42H27F4N3.C42H25N5.C40H24F3N3/c1-24-20-34-40(49-38(26-14-6-3-7-15-26)37(48-34)25-12-4-2-5-13-25)36-32-18-10-11-19-33(32)47-39(35(24)36)31-17-9-8-16-30(31)27-21-28(41(43)44)23-29(22-27)42(45)46;1-26-20-36-42(47-40(30-14-6-3-7-15-30)39(46-36)29-12-4-2-5-13-29)38-34-18-10-11-19-35(34)45-41(37(26)38)33-17-9-8-16-32(33)31-22-27(24-43)21-28(23-31)25-44;1-23-20-33-40(46-38(25-14-6-3-7-15-25)37(45-33)24-12-4-2-5-13-24)35-29-18-10-11-19-32(29)44-39(34(23)35)28-17-9-8-16-27(28)26-21-30(41)36(43)31(42)22-26/h2-23,41-42H,1H3;2-23H,1H3;2-22H,1H3. The van der Waals surface area contributed by atoms with Crippen LogP contribution in [0.15, 0.2) is 394 Å². The molecule has 18 aromatic carbocycles. The lowest BCUT2D eigenvalue weighted by Gasteiger charge is -2.18. The largest absolute Gasteiger partial charge is 0.263 e. The average Bonchev–Trinajstić information content (AvgIpc) is 0.726. The second kappa shape index (κ2) is 37.5. The van der Waals surface area contributed by atoms with Gasteiger partial charge in [0.2, 0.25) is 0 Å². The number of para-hydroxylation sites is 3. The fourth-order valence-corrected chi connectivity index (χ4v) is 19.5. The van der Waals surface area contributed by atoms with Gasteiger partial charge in [-0.05, 0) is 156 Å². The highest BCUT2D eigenvalue weighted by Crippen LogP contribution is 2.50. The lowest BCUT2D eigenvalue weighted by atomic mass is 9.90. The minimum absolute atomic E-state index is 0.215. The zero-order chi connectivity index (χ0) is 96.9. The number of halogens is 7. The third kappa shape index (κ3) is 16.4. The zero-order valence-electron chi connectivity index (χ0n) is 76.2. The molecule has 0 radical (unpaired) electrons. The molecule has 6 aromatic heterocycles. The predicted molar refractivity (Wildman–Crippen MR) is 556 cm³/mol. The number of hydrogen-bond donors (Lipinski definition) is 0. The van der Waals surface area contributed by atoms with Gasteiger partial charge in [0, 0.05) is 110 Å². The van der Waals surface area contributed by atoms with Crippen LogP contribution in [-0.4, -0.2) is 44.9 Å². The third-order valence-corrected chi connectivity index (χ3v) is 25.8. The second-order valence-electron chi connectivity index (χ2n) is 34.7. The molecule has 0 aliphatic carbocycles. The van der Waals surface area contributed by atoms with Crippen LogP contribution in [0.1, 0.15) is 51.8 Å². The van der Waals surface area contributed by atoms with Gasteiger partial charge in [0.1, 0.15) is 0 Å². The number of alkyl halides is 4. The monoisotopic (exact) mass is 1850 g/mol. The van der Waals surface area contributed by atoms with E-state index in [-0.39, 0.29) is 11.1 Å². The second-order valence-corrected chi connectivity index (χ2v) is 34.7. The van der Waals surface area contributed by atoms with Crippen molar-refractivity contribution in [2.75, 3.05) is 0 Å². The van der Waals surface area contributed by atoms with Crippen molar-refractivity contribution in [3.63, 3.8) is 0 Å². The predicted octanol–water partition coefficient (Wildman–Crippen LogP) is 33.0. The number of nitriles is 2. The maximum Gasteiger partial charge on any atom is 0.263 e. The van der Waals surface area contributed by atoms with Crippen LogP contribution >= 0.6 is 0 Å². The van der Waals surface area contributed by atoms with Gasteiger partial charge < -0.3 is 0 Å². The summed E-state index contributed by atoms with van der Waals surface area (Å²) in [6.45, 7) is 6.10. The Morgan fingerprint density at radius 1 is 0.211 bits per heavy atom. The molecule has 0 aliphatic rings. The van der Waals surface area contributed by atoms with Gasteiger partial charge in [-0.15, -0.1) is 0 Å². The normalized spacial score (nSPS) is 11.4. The SMILES string of the molecule is Cc1cc2nc(-c3ccccc3)c(-c3ccccc3)nc2c2c1c(-c1ccccc1-c1cc(C#N)cc(C#N)c1)nc1ccccc12.Cc1cc2nc(-c3ccccc3)c(-c3ccccc3)nc2c2c1c(-c1ccccc1-c1cc(C(F)F)cc(C(F)F)c1)nc1ccccc12.Cc1cc2nc(-c3ccccc3)c(-c3ccccc3)nc2c2c1c(-c1ccccc1-c1cc(F)c(F)c(F)c1)nc1ccccc12. The van der Waals surface area contributed by atoms with Crippen LogP contribution in [0.25, 0.3) is 233 Å². The zero-order valence-corrected chi connectivity index (χ0v) is 76.2. The molecule has 0 fully saturated rings. The average molecular weight is 1850 g/mol. The summed E-state index contributed by atoms with van der Waals surface area (Å²) in [5, 5.41) is 27.6. The molecule has 676 valence electrons. The molecule has 0 saturated heterocycles.